The number of phosphoric acid groups is 3. The van der Waals surface area contributed by atoms with Crippen molar-refractivity contribution in [2.24, 2.45) is 0 Å². The van der Waals surface area contributed by atoms with E-state index >= 15 is 0 Å². The highest BCUT2D eigenvalue weighted by molar-refractivity contribution is 8.77. The van der Waals surface area contributed by atoms with E-state index < -0.39 is 42.3 Å². The Bertz CT molecular complexity index is 821. The maximum atomic E-state index is 11.9. The van der Waals surface area contributed by atoms with E-state index in [0.29, 0.717) is 19.3 Å². The van der Waals surface area contributed by atoms with Crippen molar-refractivity contribution in [3.63, 3.8) is 0 Å². The zero-order valence-corrected chi connectivity index (χ0v) is 24.3. The zero-order valence-electron chi connectivity index (χ0n) is 20.0. The Labute approximate surface area is 213 Å². The molecule has 208 valence electrons. The monoisotopic (exact) mass is 604 g/mol. The van der Waals surface area contributed by atoms with Crippen molar-refractivity contribution in [2.75, 3.05) is 12.5 Å². The summed E-state index contributed by atoms with van der Waals surface area (Å²) in [5.41, 5.74) is 0. The Morgan fingerprint density at radius 2 is 1.74 bits per heavy atom. The number of hydrogen-bond acceptors (Lipinski definition) is 11. The summed E-state index contributed by atoms with van der Waals surface area (Å²) >= 11 is 0. The fourth-order valence-electron chi connectivity index (χ4n) is 2.99. The van der Waals surface area contributed by atoms with E-state index in [2.05, 4.69) is 13.1 Å². The molecule has 1 saturated heterocycles. The van der Waals surface area contributed by atoms with Crippen LogP contribution in [0.5, 0.6) is 0 Å². The molecule has 18 heteroatoms. The van der Waals surface area contributed by atoms with Crippen LogP contribution in [0.4, 0.5) is 0 Å². The van der Waals surface area contributed by atoms with Gasteiger partial charge in [-0.1, -0.05) is 34.9 Å². The molecule has 0 saturated carbocycles. The average Bonchev–Trinajstić information content (AvgIpc) is 3.03. The summed E-state index contributed by atoms with van der Waals surface area (Å²) in [6, 6.07) is 0. The van der Waals surface area contributed by atoms with Gasteiger partial charge >= 0.3 is 23.5 Å². The van der Waals surface area contributed by atoms with Crippen LogP contribution in [-0.4, -0.2) is 61.0 Å². The second-order valence-corrected chi connectivity index (χ2v) is 15.9. The highest BCUT2D eigenvalue weighted by Gasteiger charge is 2.42. The molecule has 0 amide bonds. The molecule has 35 heavy (non-hydrogen) atoms. The number of hydrogen-bond donors (Lipinski definition) is 4. The van der Waals surface area contributed by atoms with Crippen LogP contribution in [0, 0.1) is 0 Å². The van der Waals surface area contributed by atoms with E-state index in [1.807, 2.05) is 20.8 Å². The van der Waals surface area contributed by atoms with Crippen molar-refractivity contribution in [3.05, 3.63) is 0 Å². The summed E-state index contributed by atoms with van der Waals surface area (Å²) in [4.78, 5) is 47.9. The lowest BCUT2D eigenvalue weighted by atomic mass is 10.0. The molecule has 3 unspecified atom stereocenters. The fourth-order valence-corrected chi connectivity index (χ4v) is 8.32. The van der Waals surface area contributed by atoms with E-state index in [0.717, 1.165) is 19.3 Å². The maximum absolute atomic E-state index is 11.9. The molecule has 0 aromatic rings. The van der Waals surface area contributed by atoms with Crippen LogP contribution in [0.25, 0.3) is 0 Å². The van der Waals surface area contributed by atoms with Crippen molar-refractivity contribution < 1.29 is 60.7 Å². The summed E-state index contributed by atoms with van der Waals surface area (Å²) in [7, 11) is -13.2. The molecule has 1 fully saturated rings. The molecular weight excluding hydrogens is 569 g/mol. The van der Waals surface area contributed by atoms with Crippen LogP contribution in [0.2, 0.25) is 0 Å². The molecule has 13 nitrogen and oxygen atoms in total. The molecular formula is C17H35O13P3S2. The summed E-state index contributed by atoms with van der Waals surface area (Å²) in [6.45, 7) is 7.35. The number of carbonyl (C=O) groups excluding carboxylic acids is 1. The molecule has 0 radical (unpaired) electrons. The molecule has 4 N–H and O–H groups in total. The molecule has 0 spiro atoms. The van der Waals surface area contributed by atoms with Crippen molar-refractivity contribution in [1.82, 2.24) is 0 Å². The van der Waals surface area contributed by atoms with Gasteiger partial charge in [0.1, 0.15) is 17.8 Å². The quantitative estimate of drug-likeness (QED) is 0.0735. The lowest BCUT2D eigenvalue weighted by molar-refractivity contribution is -0.119. The number of Topliss-reactive ketones (excluding diaryl/α,β-unsaturated/α-hetero) is 1. The first-order valence-corrected chi connectivity index (χ1v) is 17.7. The van der Waals surface area contributed by atoms with E-state index in [9.17, 15) is 28.3 Å². The van der Waals surface area contributed by atoms with E-state index in [4.69, 9.17) is 19.3 Å². The van der Waals surface area contributed by atoms with Gasteiger partial charge in [0.25, 0.3) is 0 Å². The van der Waals surface area contributed by atoms with Gasteiger partial charge < -0.3 is 29.0 Å². The number of phosphoric ester groups is 1. The Morgan fingerprint density at radius 1 is 1.09 bits per heavy atom. The summed E-state index contributed by atoms with van der Waals surface area (Å²) < 4.78 is 57.3. The maximum Gasteiger partial charge on any atom is 0.490 e. The number of ketones is 1. The van der Waals surface area contributed by atoms with Crippen LogP contribution in [0.3, 0.4) is 0 Å². The van der Waals surface area contributed by atoms with Crippen LogP contribution in [0.15, 0.2) is 0 Å². The van der Waals surface area contributed by atoms with Gasteiger partial charge in [-0.2, -0.15) is 8.62 Å². The third-order valence-electron chi connectivity index (χ3n) is 4.63. The second kappa shape index (κ2) is 14.7. The fraction of sp³-hybridized carbons (Fsp3) is 0.941. The van der Waals surface area contributed by atoms with Crippen LogP contribution < -0.4 is 0 Å². The molecule has 1 aliphatic rings. The normalized spacial score (nSPS) is 24.7. The van der Waals surface area contributed by atoms with Crippen molar-refractivity contribution in [3.8, 4) is 0 Å². The van der Waals surface area contributed by atoms with E-state index in [1.54, 1.807) is 17.7 Å². The first kappa shape index (κ1) is 33.7. The predicted octanol–water partition coefficient (Wildman–Crippen LogP) is 4.55. The van der Waals surface area contributed by atoms with Gasteiger partial charge in [0.2, 0.25) is 0 Å². The molecule has 1 heterocycles. The summed E-state index contributed by atoms with van der Waals surface area (Å²) in [5.74, 6) is 0.530. The molecule has 0 aromatic carbocycles. The Kier molecular flexibility index (Phi) is 14.2. The molecule has 1 rings (SSSR count). The van der Waals surface area contributed by atoms with Crippen molar-refractivity contribution in [1.29, 1.82) is 0 Å². The number of carbonyl (C=O) groups is 1. The Balaban J connectivity index is 2.47. The summed E-state index contributed by atoms with van der Waals surface area (Å²) in [5, 5.41) is 0. The minimum atomic E-state index is -5.58. The van der Waals surface area contributed by atoms with Gasteiger partial charge in [-0.05, 0) is 33.6 Å². The minimum Gasteiger partial charge on any atom is -0.370 e. The first-order valence-electron chi connectivity index (χ1n) is 10.8. The van der Waals surface area contributed by atoms with Crippen molar-refractivity contribution >= 4 is 50.8 Å². The van der Waals surface area contributed by atoms with Crippen LogP contribution >= 0.6 is 45.1 Å². The van der Waals surface area contributed by atoms with Gasteiger partial charge in [0.15, 0.2) is 0 Å². The van der Waals surface area contributed by atoms with E-state index in [1.165, 1.54) is 10.8 Å². The highest BCUT2D eigenvalue weighted by atomic mass is 33.1. The molecule has 5 atom stereocenters. The van der Waals surface area contributed by atoms with Crippen molar-refractivity contribution in [2.45, 2.75) is 89.3 Å². The highest BCUT2D eigenvalue weighted by Crippen LogP contribution is 2.66. The summed E-state index contributed by atoms with van der Waals surface area (Å²) in [6.07, 6.45) is 2.66. The van der Waals surface area contributed by atoms with Gasteiger partial charge in [-0.25, -0.2) is 13.7 Å². The van der Waals surface area contributed by atoms with Crippen LogP contribution in [0.1, 0.15) is 66.2 Å². The lowest BCUT2D eigenvalue weighted by Crippen LogP contribution is -2.29. The smallest absolute Gasteiger partial charge is 0.370 e. The third-order valence-corrected chi connectivity index (χ3v) is 11.4. The standard InChI is InChI=1S/C17H35O13P3S2/c1-5-6-7-14(18)8-9-17(3,4)35-34-12-26-15-10-13(2)28-16(15)11-27-32(22,23)30-33(24,25)29-31(19,20)21/h13,15-16H,5-12H2,1-4H3,(H,22,23)(H,24,25)(H2,19,20,21)/t13-,15?,16+/m0/s1. The number of rotatable bonds is 18. The van der Waals surface area contributed by atoms with Crippen LogP contribution in [-0.2, 0) is 41.1 Å². The number of unbranched alkanes of at least 4 members (excludes halogenated alkanes) is 1. The topological polar surface area (TPSA) is 195 Å². The molecule has 0 aliphatic carbocycles. The Morgan fingerprint density at radius 3 is 2.34 bits per heavy atom. The predicted molar refractivity (Wildman–Crippen MR) is 132 cm³/mol. The molecule has 1 aliphatic heterocycles. The lowest BCUT2D eigenvalue weighted by Gasteiger charge is -2.24. The largest absolute Gasteiger partial charge is 0.490 e. The first-order chi connectivity index (χ1) is 15.9. The van der Waals surface area contributed by atoms with Gasteiger partial charge in [-0.15, -0.1) is 0 Å². The third kappa shape index (κ3) is 15.6. The molecule has 0 aromatic heterocycles. The zero-order chi connectivity index (χ0) is 26.9. The Hall–Kier alpha value is 0.700. The SMILES string of the molecule is CCCCC(=O)CCC(C)(C)SSCOC1C[C@H](C)O[C@@H]1COP(=O)(O)OP(=O)(O)OP(=O)(O)O. The molecule has 0 bridgehead atoms. The second-order valence-electron chi connectivity index (χ2n) is 8.53. The minimum absolute atomic E-state index is 0.147. The average molecular weight is 605 g/mol. The number of ether oxygens (including phenoxy) is 2. The van der Waals surface area contributed by atoms with Gasteiger partial charge in [-0.3, -0.25) is 9.32 Å². The van der Waals surface area contributed by atoms with Gasteiger partial charge in [0, 0.05) is 24.0 Å². The van der Waals surface area contributed by atoms with Gasteiger partial charge in [0.05, 0.1) is 18.8 Å². The van der Waals surface area contributed by atoms with E-state index in [-0.39, 0.29) is 22.6 Å².